The van der Waals surface area contributed by atoms with E-state index in [1.54, 1.807) is 6.07 Å². The summed E-state index contributed by atoms with van der Waals surface area (Å²) in [5, 5.41) is 0.721. The third-order valence-electron chi connectivity index (χ3n) is 1.99. The van der Waals surface area contributed by atoms with Gasteiger partial charge in [0.05, 0.1) is 0 Å². The lowest BCUT2D eigenvalue weighted by molar-refractivity contribution is 0.0994. The zero-order chi connectivity index (χ0) is 11.4. The van der Waals surface area contributed by atoms with E-state index in [1.807, 2.05) is 12.1 Å². The van der Waals surface area contributed by atoms with Crippen LogP contribution in [0, 0.1) is 0 Å². The summed E-state index contributed by atoms with van der Waals surface area (Å²) in [5.74, 6) is 0.247. The number of carbonyl (C=O) groups is 1. The van der Waals surface area contributed by atoms with Crippen LogP contribution < -0.4 is 0 Å². The minimum absolute atomic E-state index is 0.247. The van der Waals surface area contributed by atoms with E-state index in [-0.39, 0.29) is 5.78 Å². The van der Waals surface area contributed by atoms with Crippen LogP contribution in [0.1, 0.15) is 22.3 Å². The SMILES string of the molecule is O=C1CCc2cc(Cl)ccc21.[Cl][Al]([Cl])[Cl]. The first kappa shape index (κ1) is 13.6. The maximum absolute atomic E-state index is 11.1. The summed E-state index contributed by atoms with van der Waals surface area (Å²) in [7, 11) is 14.8. The van der Waals surface area contributed by atoms with Crippen molar-refractivity contribution in [2.45, 2.75) is 12.8 Å². The van der Waals surface area contributed by atoms with Crippen molar-refractivity contribution in [2.75, 3.05) is 0 Å². The number of halogens is 4. The first-order valence-electron chi connectivity index (χ1n) is 4.24. The van der Waals surface area contributed by atoms with Gasteiger partial charge in [0, 0.05) is 17.0 Å². The third kappa shape index (κ3) is 4.53. The molecule has 0 amide bonds. The van der Waals surface area contributed by atoms with Gasteiger partial charge < -0.3 is 0 Å². The third-order valence-corrected chi connectivity index (χ3v) is 2.22. The van der Waals surface area contributed by atoms with Crippen molar-refractivity contribution in [1.29, 1.82) is 0 Å². The summed E-state index contributed by atoms with van der Waals surface area (Å²) in [6.07, 6.45) is 1.50. The van der Waals surface area contributed by atoms with E-state index in [0.717, 1.165) is 22.6 Å². The van der Waals surface area contributed by atoms with Crippen LogP contribution in [-0.4, -0.2) is 17.2 Å². The molecule has 6 heteroatoms. The summed E-state index contributed by atoms with van der Waals surface area (Å²) in [5.41, 5.74) is 1.96. The number of hydrogen-bond acceptors (Lipinski definition) is 1. The van der Waals surface area contributed by atoms with Crippen LogP contribution in [0.3, 0.4) is 0 Å². The lowest BCUT2D eigenvalue weighted by Crippen LogP contribution is -1.89. The van der Waals surface area contributed by atoms with Gasteiger partial charge in [-0.2, -0.15) is 0 Å². The van der Waals surface area contributed by atoms with E-state index >= 15 is 0 Å². The summed E-state index contributed by atoms with van der Waals surface area (Å²) in [4.78, 5) is 11.1. The molecule has 1 nitrogen and oxygen atoms in total. The highest BCUT2D eigenvalue weighted by atomic mass is 35.8. The van der Waals surface area contributed by atoms with Crippen LogP contribution in [0.25, 0.3) is 0 Å². The average molecular weight is 300 g/mol. The van der Waals surface area contributed by atoms with Crippen LogP contribution in [-0.2, 0) is 6.42 Å². The Kier molecular flexibility index (Phi) is 5.78. The number of hydrogen-bond donors (Lipinski definition) is 0. The highest BCUT2D eigenvalue weighted by Crippen LogP contribution is 2.24. The Bertz CT molecular complexity index is 364. The summed E-state index contributed by atoms with van der Waals surface area (Å²) < 4.78 is 0. The Morgan fingerprint density at radius 3 is 2.33 bits per heavy atom. The number of Topliss-reactive ketones (excluding diaryl/α,β-unsaturated/α-hetero) is 1. The summed E-state index contributed by atoms with van der Waals surface area (Å²) in [6.45, 7) is 0. The van der Waals surface area contributed by atoms with Gasteiger partial charge in [0.25, 0.3) is 0 Å². The molecule has 1 aromatic carbocycles. The standard InChI is InChI=1S/C9H7ClO.Al.3ClH/c10-7-2-3-8-6(5-7)1-4-9(8)11;;;;/h2-3,5H,1,4H2;;3*1H/q;+3;;;/p-3. The molecule has 0 fully saturated rings. The van der Waals surface area contributed by atoms with Crippen molar-refractivity contribution in [1.82, 2.24) is 0 Å². The van der Waals surface area contributed by atoms with E-state index in [0.29, 0.717) is 6.42 Å². The van der Waals surface area contributed by atoms with Gasteiger partial charge in [-0.15, -0.1) is 0 Å². The zero-order valence-corrected chi connectivity index (χ0v) is 11.8. The molecule has 0 spiro atoms. The fraction of sp³-hybridized carbons (Fsp3) is 0.222. The molecule has 0 bridgehead atoms. The molecule has 0 saturated heterocycles. The molecular weight excluding hydrogens is 293 g/mol. The van der Waals surface area contributed by atoms with E-state index in [9.17, 15) is 4.79 Å². The second-order valence-corrected chi connectivity index (χ2v) is 9.84. The van der Waals surface area contributed by atoms with Gasteiger partial charge in [-0.3, -0.25) is 4.79 Å². The molecule has 15 heavy (non-hydrogen) atoms. The van der Waals surface area contributed by atoms with Crippen molar-refractivity contribution < 1.29 is 4.79 Å². The molecule has 0 aromatic heterocycles. The molecule has 1 aliphatic carbocycles. The van der Waals surface area contributed by atoms with Crippen molar-refractivity contribution in [2.24, 2.45) is 0 Å². The molecule has 0 radical (unpaired) electrons. The van der Waals surface area contributed by atoms with Gasteiger partial charge in [-0.1, -0.05) is 11.6 Å². The van der Waals surface area contributed by atoms with Crippen LogP contribution in [0.5, 0.6) is 0 Å². The van der Waals surface area contributed by atoms with E-state index in [4.69, 9.17) is 41.7 Å². The second-order valence-electron chi connectivity index (χ2n) is 2.97. The molecule has 2 rings (SSSR count). The predicted octanol–water partition coefficient (Wildman–Crippen LogP) is 4.16. The Morgan fingerprint density at radius 1 is 1.13 bits per heavy atom. The average Bonchev–Trinajstić information content (AvgIpc) is 2.46. The topological polar surface area (TPSA) is 17.1 Å². The highest BCUT2D eigenvalue weighted by Gasteiger charge is 2.18. The fourth-order valence-corrected chi connectivity index (χ4v) is 1.62. The van der Waals surface area contributed by atoms with Gasteiger partial charge >= 0.3 is 11.4 Å². The first-order valence-corrected chi connectivity index (χ1v) is 9.86. The Morgan fingerprint density at radius 2 is 1.73 bits per heavy atom. The molecule has 0 heterocycles. The minimum atomic E-state index is -1.72. The van der Waals surface area contributed by atoms with Gasteiger partial charge in [0.1, 0.15) is 0 Å². The summed E-state index contributed by atoms with van der Waals surface area (Å²) >= 11 is 4.04. The van der Waals surface area contributed by atoms with Crippen molar-refractivity contribution >= 4 is 58.9 Å². The lowest BCUT2D eigenvalue weighted by Gasteiger charge is -1.95. The van der Waals surface area contributed by atoms with E-state index in [1.165, 1.54) is 0 Å². The maximum atomic E-state index is 11.1. The van der Waals surface area contributed by atoms with E-state index in [2.05, 4.69) is 0 Å². The molecule has 0 aliphatic heterocycles. The number of rotatable bonds is 0. The number of benzene rings is 1. The molecule has 1 aliphatic rings. The van der Waals surface area contributed by atoms with Crippen LogP contribution in [0.15, 0.2) is 18.2 Å². The molecule has 80 valence electrons. The van der Waals surface area contributed by atoms with Crippen LogP contribution in [0.2, 0.25) is 5.02 Å². The smallest absolute Gasteiger partial charge is 0.294 e. The van der Waals surface area contributed by atoms with Gasteiger partial charge in [0.2, 0.25) is 0 Å². The normalized spacial score (nSPS) is 12.9. The van der Waals surface area contributed by atoms with Gasteiger partial charge in [0.15, 0.2) is 5.78 Å². The molecule has 1 aromatic rings. The van der Waals surface area contributed by atoms with Gasteiger partial charge in [-0.05, 0) is 30.2 Å². The van der Waals surface area contributed by atoms with Gasteiger partial charge in [-0.25, -0.2) is 30.1 Å². The predicted molar refractivity (Wildman–Crippen MR) is 67.4 cm³/mol. The highest BCUT2D eigenvalue weighted by molar-refractivity contribution is 7.54. The minimum Gasteiger partial charge on any atom is -0.294 e. The summed E-state index contributed by atoms with van der Waals surface area (Å²) in [6, 6.07) is 5.46. The number of ketones is 1. The maximum Gasteiger partial charge on any atom is 0.643 e. The molecule has 0 atom stereocenters. The van der Waals surface area contributed by atoms with E-state index < -0.39 is 11.4 Å². The van der Waals surface area contributed by atoms with Crippen molar-refractivity contribution in [3.63, 3.8) is 0 Å². The Balaban J connectivity index is 0.000000245. The van der Waals surface area contributed by atoms with Crippen LogP contribution in [0.4, 0.5) is 0 Å². The Hall–Kier alpha value is 0.582. The second kappa shape index (κ2) is 6.35. The molecule has 0 N–H and O–H groups in total. The molecule has 0 unspecified atom stereocenters. The molecule has 0 saturated carbocycles. The number of carbonyl (C=O) groups excluding carboxylic acids is 1. The Labute approximate surface area is 110 Å². The van der Waals surface area contributed by atoms with Crippen molar-refractivity contribution in [3.8, 4) is 0 Å². The zero-order valence-electron chi connectivity index (χ0n) is 7.64. The van der Waals surface area contributed by atoms with Crippen molar-refractivity contribution in [3.05, 3.63) is 34.3 Å². The number of aryl methyl sites for hydroxylation is 1. The van der Waals surface area contributed by atoms with Crippen LogP contribution >= 0.6 is 41.7 Å². The first-order chi connectivity index (χ1) is 7.00. The monoisotopic (exact) mass is 298 g/mol. The molecular formula is C9H7AlCl4O. The number of fused-ring (bicyclic) bond motifs is 1. The quantitative estimate of drug-likeness (QED) is 0.658. The lowest BCUT2D eigenvalue weighted by atomic mass is 10.1. The fourth-order valence-electron chi connectivity index (χ4n) is 1.42. The largest absolute Gasteiger partial charge is 0.643 e.